The second-order valence-electron chi connectivity index (χ2n) is 4.92. The van der Waals surface area contributed by atoms with Crippen molar-refractivity contribution >= 4 is 17.1 Å². The maximum absolute atomic E-state index is 5.38. The number of hydrogen-bond acceptors (Lipinski definition) is 1. The van der Waals surface area contributed by atoms with Gasteiger partial charge in [0.1, 0.15) is 0 Å². The summed E-state index contributed by atoms with van der Waals surface area (Å²) in [5.74, 6) is 0. The van der Waals surface area contributed by atoms with Crippen LogP contribution in [0, 0.1) is 0 Å². The summed E-state index contributed by atoms with van der Waals surface area (Å²) in [5.41, 5.74) is 0. The largest absolute Gasteiger partial charge is 0.0894 e. The summed E-state index contributed by atoms with van der Waals surface area (Å²) >= 11 is 5.38. The molecule has 0 aromatic rings. The van der Waals surface area contributed by atoms with E-state index in [2.05, 4.69) is 24.3 Å². The molecule has 96 valence electrons. The molecule has 0 atom stereocenters. The molecule has 1 rings (SSSR count). The van der Waals surface area contributed by atoms with Crippen LogP contribution in [-0.4, -0.2) is 4.86 Å². The average molecular weight is 250 g/mol. The maximum Gasteiger partial charge on any atom is -0.00335 e. The van der Waals surface area contributed by atoms with Crippen molar-refractivity contribution in [3.8, 4) is 0 Å². The average Bonchev–Trinajstić information content (AvgIpc) is 2.32. The fraction of sp³-hybridized carbons (Fsp3) is 0.688. The van der Waals surface area contributed by atoms with Crippen LogP contribution in [0.2, 0.25) is 0 Å². The summed E-state index contributed by atoms with van der Waals surface area (Å²) in [7, 11) is 0. The highest BCUT2D eigenvalue weighted by molar-refractivity contribution is 7.80. The van der Waals surface area contributed by atoms with Crippen LogP contribution < -0.4 is 0 Å². The van der Waals surface area contributed by atoms with Crippen LogP contribution in [0.1, 0.15) is 70.6 Å². The third-order valence-corrected chi connectivity index (χ3v) is 3.62. The van der Waals surface area contributed by atoms with Gasteiger partial charge in [0.05, 0.1) is 0 Å². The smallest absolute Gasteiger partial charge is 0.00335 e. The number of hydrogen-bond donors (Lipinski definition) is 0. The molecule has 0 saturated heterocycles. The Kier molecular flexibility index (Phi) is 9.21. The number of rotatable bonds is 0. The Morgan fingerprint density at radius 1 is 0.647 bits per heavy atom. The molecule has 0 radical (unpaired) electrons. The van der Waals surface area contributed by atoms with Gasteiger partial charge in [-0.15, -0.1) is 0 Å². The molecule has 0 spiro atoms. The highest BCUT2D eigenvalue weighted by Gasteiger charge is 1.95. The monoisotopic (exact) mass is 250 g/mol. The first-order valence-corrected chi connectivity index (χ1v) is 7.62. The van der Waals surface area contributed by atoms with E-state index < -0.39 is 0 Å². The number of allylic oxidation sites excluding steroid dienone is 4. The molecule has 0 unspecified atom stereocenters. The van der Waals surface area contributed by atoms with Gasteiger partial charge in [0.15, 0.2) is 0 Å². The summed E-state index contributed by atoms with van der Waals surface area (Å²) in [5, 5.41) is 0. The van der Waals surface area contributed by atoms with E-state index in [0.29, 0.717) is 0 Å². The minimum atomic E-state index is 1.02. The van der Waals surface area contributed by atoms with Gasteiger partial charge in [-0.05, 0) is 62.7 Å². The minimum Gasteiger partial charge on any atom is -0.0894 e. The van der Waals surface area contributed by atoms with E-state index in [1.165, 1.54) is 62.7 Å². The van der Waals surface area contributed by atoms with Gasteiger partial charge >= 0.3 is 0 Å². The molecule has 17 heavy (non-hydrogen) atoms. The summed E-state index contributed by atoms with van der Waals surface area (Å²) in [6.45, 7) is 0. The predicted octanol–water partition coefficient (Wildman–Crippen LogP) is 5.77. The standard InChI is InChI=1S/C16H26S/c17-16-14-12-10-8-6-4-2-1-3-5-7-9-11-13-15-16/h2,4,11,13H,1,3,5-10,12,14-15H2/b4-2+,13-11+. The van der Waals surface area contributed by atoms with E-state index in [1.807, 2.05) is 0 Å². The van der Waals surface area contributed by atoms with Gasteiger partial charge in [-0.3, -0.25) is 0 Å². The van der Waals surface area contributed by atoms with Crippen molar-refractivity contribution in [3.63, 3.8) is 0 Å². The lowest BCUT2D eigenvalue weighted by Gasteiger charge is -2.01. The zero-order valence-electron chi connectivity index (χ0n) is 11.0. The lowest BCUT2D eigenvalue weighted by molar-refractivity contribution is 0.687. The van der Waals surface area contributed by atoms with Gasteiger partial charge in [0.25, 0.3) is 0 Å². The van der Waals surface area contributed by atoms with Crippen LogP contribution in [0.15, 0.2) is 24.3 Å². The van der Waals surface area contributed by atoms with Crippen LogP contribution >= 0.6 is 12.2 Å². The highest BCUT2D eigenvalue weighted by atomic mass is 32.1. The summed E-state index contributed by atoms with van der Waals surface area (Å²) in [4.78, 5) is 1.24. The Hall–Kier alpha value is -0.430. The Labute approximate surface area is 112 Å². The van der Waals surface area contributed by atoms with Crippen LogP contribution in [0.4, 0.5) is 0 Å². The van der Waals surface area contributed by atoms with Crippen molar-refractivity contribution in [1.29, 1.82) is 0 Å². The van der Waals surface area contributed by atoms with Crippen molar-refractivity contribution in [2.45, 2.75) is 70.6 Å². The fourth-order valence-electron chi connectivity index (χ4n) is 2.13. The Balaban J connectivity index is 2.25. The van der Waals surface area contributed by atoms with Crippen molar-refractivity contribution in [2.75, 3.05) is 0 Å². The molecule has 0 aromatic heterocycles. The molecular formula is C16H26S. The molecule has 0 heterocycles. The molecule has 0 saturated carbocycles. The Morgan fingerprint density at radius 2 is 1.18 bits per heavy atom. The highest BCUT2D eigenvalue weighted by Crippen LogP contribution is 2.10. The normalized spacial score (nSPS) is 25.3. The SMILES string of the molecule is S=C1C/C=C/CCCCC/C=C/CCCCC1. The molecule has 0 nitrogen and oxygen atoms in total. The van der Waals surface area contributed by atoms with Gasteiger partial charge in [-0.25, -0.2) is 0 Å². The zero-order chi connectivity index (χ0) is 12.2. The molecule has 0 N–H and O–H groups in total. The molecule has 0 fully saturated rings. The van der Waals surface area contributed by atoms with Gasteiger partial charge in [-0.1, -0.05) is 49.4 Å². The van der Waals surface area contributed by atoms with Crippen molar-refractivity contribution < 1.29 is 0 Å². The second kappa shape index (κ2) is 10.7. The van der Waals surface area contributed by atoms with E-state index in [-0.39, 0.29) is 0 Å². The topological polar surface area (TPSA) is 0 Å². The molecule has 1 aliphatic rings. The van der Waals surface area contributed by atoms with Crippen LogP contribution in [-0.2, 0) is 0 Å². The summed E-state index contributed by atoms with van der Waals surface area (Å²) in [6.07, 6.45) is 23.2. The Morgan fingerprint density at radius 3 is 1.82 bits per heavy atom. The quantitative estimate of drug-likeness (QED) is 0.388. The lowest BCUT2D eigenvalue weighted by atomic mass is 10.1. The van der Waals surface area contributed by atoms with E-state index in [1.54, 1.807) is 0 Å². The van der Waals surface area contributed by atoms with Crippen molar-refractivity contribution in [2.24, 2.45) is 0 Å². The van der Waals surface area contributed by atoms with Gasteiger partial charge in [0, 0.05) is 0 Å². The van der Waals surface area contributed by atoms with Crippen LogP contribution in [0.25, 0.3) is 0 Å². The summed E-state index contributed by atoms with van der Waals surface area (Å²) in [6, 6.07) is 0. The van der Waals surface area contributed by atoms with E-state index >= 15 is 0 Å². The molecule has 1 aliphatic carbocycles. The van der Waals surface area contributed by atoms with Gasteiger partial charge in [0.2, 0.25) is 0 Å². The molecule has 0 aliphatic heterocycles. The Bertz CT molecular complexity index is 250. The van der Waals surface area contributed by atoms with Crippen LogP contribution in [0.3, 0.4) is 0 Å². The minimum absolute atomic E-state index is 1.02. The zero-order valence-corrected chi connectivity index (χ0v) is 11.8. The first kappa shape index (κ1) is 14.6. The second-order valence-corrected chi connectivity index (χ2v) is 5.50. The van der Waals surface area contributed by atoms with Crippen molar-refractivity contribution in [3.05, 3.63) is 24.3 Å². The lowest BCUT2D eigenvalue weighted by Crippen LogP contribution is -1.92. The third kappa shape index (κ3) is 9.29. The van der Waals surface area contributed by atoms with E-state index in [4.69, 9.17) is 12.2 Å². The summed E-state index contributed by atoms with van der Waals surface area (Å²) < 4.78 is 0. The third-order valence-electron chi connectivity index (χ3n) is 3.25. The van der Waals surface area contributed by atoms with E-state index in [0.717, 1.165) is 12.8 Å². The molecule has 0 amide bonds. The molecule has 0 aromatic carbocycles. The van der Waals surface area contributed by atoms with Gasteiger partial charge < -0.3 is 0 Å². The van der Waals surface area contributed by atoms with E-state index in [9.17, 15) is 0 Å². The van der Waals surface area contributed by atoms with Crippen LogP contribution in [0.5, 0.6) is 0 Å². The molecular weight excluding hydrogens is 224 g/mol. The predicted molar refractivity (Wildman–Crippen MR) is 81.7 cm³/mol. The fourth-order valence-corrected chi connectivity index (χ4v) is 2.37. The first-order valence-electron chi connectivity index (χ1n) is 7.21. The van der Waals surface area contributed by atoms with Crippen molar-refractivity contribution in [1.82, 2.24) is 0 Å². The first-order chi connectivity index (χ1) is 8.39. The maximum atomic E-state index is 5.38. The number of thiocarbonyl (C=S) groups is 1. The van der Waals surface area contributed by atoms with Gasteiger partial charge in [-0.2, -0.15) is 0 Å². The molecule has 0 bridgehead atoms. The molecule has 1 heteroatoms.